The summed E-state index contributed by atoms with van der Waals surface area (Å²) in [4.78, 5) is 8.16. The highest BCUT2D eigenvalue weighted by molar-refractivity contribution is 5.24. The lowest BCUT2D eigenvalue weighted by Gasteiger charge is -2.29. The monoisotopic (exact) mass is 221 g/mol. The van der Waals surface area contributed by atoms with E-state index in [1.54, 1.807) is 0 Å². The van der Waals surface area contributed by atoms with Gasteiger partial charge in [0.1, 0.15) is 0 Å². The molecule has 0 aliphatic heterocycles. The van der Waals surface area contributed by atoms with Crippen LogP contribution < -0.4 is 5.62 Å². The number of imidazole rings is 1. The normalized spacial score (nSPS) is 20.2. The predicted octanol–water partition coefficient (Wildman–Crippen LogP) is 2.28. The van der Waals surface area contributed by atoms with Crippen LogP contribution in [0.3, 0.4) is 0 Å². The van der Waals surface area contributed by atoms with Gasteiger partial charge in [0.05, 0.1) is 0 Å². The molecule has 1 N–H and O–H groups in total. The topological polar surface area (TPSA) is 33.1 Å². The lowest BCUT2D eigenvalue weighted by Crippen LogP contribution is -2.24. The third-order valence-corrected chi connectivity index (χ3v) is 3.52. The second-order valence-corrected chi connectivity index (χ2v) is 5.79. The molecule has 1 aromatic rings. The van der Waals surface area contributed by atoms with Crippen molar-refractivity contribution < 1.29 is 0 Å². The third kappa shape index (κ3) is 1.83. The summed E-state index contributed by atoms with van der Waals surface area (Å²) >= 11 is 0. The first kappa shape index (κ1) is 11.5. The molecule has 1 heterocycles. The van der Waals surface area contributed by atoms with Crippen molar-refractivity contribution in [3.05, 3.63) is 17.0 Å². The van der Waals surface area contributed by atoms with Gasteiger partial charge >= 0.3 is 0 Å². The number of nitrogens with one attached hydrogen (secondary N) is 1. The van der Waals surface area contributed by atoms with Crippen molar-refractivity contribution in [1.29, 1.82) is 0 Å². The van der Waals surface area contributed by atoms with Crippen LogP contribution in [-0.4, -0.2) is 15.6 Å². The summed E-state index contributed by atoms with van der Waals surface area (Å²) < 4.78 is 2.23. The first-order chi connectivity index (χ1) is 7.42. The Bertz CT molecular complexity index is 446. The highest BCUT2D eigenvalue weighted by Gasteiger charge is 2.30. The van der Waals surface area contributed by atoms with Crippen molar-refractivity contribution in [2.75, 3.05) is 0 Å². The van der Waals surface area contributed by atoms with Gasteiger partial charge in [0, 0.05) is 29.9 Å². The van der Waals surface area contributed by atoms with Crippen molar-refractivity contribution in [2.24, 2.45) is 12.0 Å². The SMILES string of the molecule is CC(C)/N=c1\[nH]c2c(n1C)CCCC2(C)C. The van der Waals surface area contributed by atoms with E-state index in [0.717, 1.165) is 5.62 Å². The number of rotatable bonds is 1. The summed E-state index contributed by atoms with van der Waals surface area (Å²) in [5.41, 5.74) is 4.13. The van der Waals surface area contributed by atoms with E-state index >= 15 is 0 Å². The molecule has 2 rings (SSSR count). The minimum Gasteiger partial charge on any atom is -0.327 e. The lowest BCUT2D eigenvalue weighted by atomic mass is 9.78. The number of fused-ring (bicyclic) bond motifs is 1. The molecule has 0 radical (unpaired) electrons. The molecular weight excluding hydrogens is 198 g/mol. The van der Waals surface area contributed by atoms with E-state index in [-0.39, 0.29) is 5.41 Å². The standard InChI is InChI=1S/C13H23N3/c1-9(2)14-12-15-11-10(16(12)5)7-6-8-13(11,3)4/h9H,6-8H2,1-5H3,(H,14,15). The van der Waals surface area contributed by atoms with Crippen LogP contribution in [0.2, 0.25) is 0 Å². The molecule has 0 atom stereocenters. The maximum atomic E-state index is 4.64. The van der Waals surface area contributed by atoms with Gasteiger partial charge in [0.2, 0.25) is 5.62 Å². The molecule has 0 amide bonds. The van der Waals surface area contributed by atoms with Gasteiger partial charge in [-0.25, -0.2) is 4.99 Å². The Morgan fingerprint density at radius 1 is 1.38 bits per heavy atom. The minimum atomic E-state index is 0.274. The van der Waals surface area contributed by atoms with Crippen molar-refractivity contribution in [3.8, 4) is 0 Å². The fourth-order valence-corrected chi connectivity index (χ4v) is 2.60. The van der Waals surface area contributed by atoms with Crippen molar-refractivity contribution in [3.63, 3.8) is 0 Å². The molecule has 1 aliphatic carbocycles. The third-order valence-electron chi connectivity index (χ3n) is 3.52. The molecule has 1 aliphatic rings. The molecule has 1 aromatic heterocycles. The molecule has 90 valence electrons. The van der Waals surface area contributed by atoms with E-state index < -0.39 is 0 Å². The highest BCUT2D eigenvalue weighted by atomic mass is 15.1. The Morgan fingerprint density at radius 3 is 2.62 bits per heavy atom. The molecule has 0 aromatic carbocycles. The Labute approximate surface area is 97.6 Å². The van der Waals surface area contributed by atoms with Gasteiger partial charge in [0.15, 0.2) is 0 Å². The van der Waals surface area contributed by atoms with Crippen molar-refractivity contribution >= 4 is 0 Å². The fourth-order valence-electron chi connectivity index (χ4n) is 2.60. The predicted molar refractivity (Wildman–Crippen MR) is 66.4 cm³/mol. The van der Waals surface area contributed by atoms with E-state index in [1.165, 1.54) is 30.7 Å². The van der Waals surface area contributed by atoms with Gasteiger partial charge in [-0.2, -0.15) is 0 Å². The lowest BCUT2D eigenvalue weighted by molar-refractivity contribution is 0.416. The smallest absolute Gasteiger partial charge is 0.202 e. The average Bonchev–Trinajstić information content (AvgIpc) is 2.45. The maximum absolute atomic E-state index is 4.64. The zero-order valence-corrected chi connectivity index (χ0v) is 11.1. The highest BCUT2D eigenvalue weighted by Crippen LogP contribution is 2.34. The van der Waals surface area contributed by atoms with Crippen LogP contribution in [0.1, 0.15) is 51.9 Å². The number of hydrogen-bond donors (Lipinski definition) is 1. The van der Waals surface area contributed by atoms with Gasteiger partial charge in [0.25, 0.3) is 0 Å². The summed E-state index contributed by atoms with van der Waals surface area (Å²) in [6, 6.07) is 0.342. The number of aromatic amines is 1. The summed E-state index contributed by atoms with van der Waals surface area (Å²) in [6.07, 6.45) is 3.73. The van der Waals surface area contributed by atoms with Crippen LogP contribution >= 0.6 is 0 Å². The second kappa shape index (κ2) is 3.79. The first-order valence-electron chi connectivity index (χ1n) is 6.24. The van der Waals surface area contributed by atoms with Gasteiger partial charge in [-0.05, 0) is 33.1 Å². The molecule has 0 bridgehead atoms. The fraction of sp³-hybridized carbons (Fsp3) is 0.769. The maximum Gasteiger partial charge on any atom is 0.202 e. The van der Waals surface area contributed by atoms with E-state index in [1.807, 2.05) is 0 Å². The first-order valence-corrected chi connectivity index (χ1v) is 6.24. The van der Waals surface area contributed by atoms with Crippen molar-refractivity contribution in [2.45, 2.75) is 58.4 Å². The molecule has 0 unspecified atom stereocenters. The van der Waals surface area contributed by atoms with Gasteiger partial charge in [-0.1, -0.05) is 13.8 Å². The van der Waals surface area contributed by atoms with Crippen LogP contribution in [0, 0.1) is 0 Å². The minimum absolute atomic E-state index is 0.274. The van der Waals surface area contributed by atoms with Gasteiger partial charge in [-0.15, -0.1) is 0 Å². The Kier molecular flexibility index (Phi) is 2.72. The summed E-state index contributed by atoms with van der Waals surface area (Å²) in [6.45, 7) is 8.87. The van der Waals surface area contributed by atoms with Crippen LogP contribution in [0.15, 0.2) is 4.99 Å². The summed E-state index contributed by atoms with van der Waals surface area (Å²) in [7, 11) is 2.12. The van der Waals surface area contributed by atoms with Crippen LogP contribution in [0.5, 0.6) is 0 Å². The molecule has 0 fully saturated rings. The average molecular weight is 221 g/mol. The molecule has 0 saturated carbocycles. The van der Waals surface area contributed by atoms with E-state index in [2.05, 4.69) is 49.3 Å². The second-order valence-electron chi connectivity index (χ2n) is 5.79. The zero-order valence-electron chi connectivity index (χ0n) is 11.1. The number of hydrogen-bond acceptors (Lipinski definition) is 1. The molecule has 16 heavy (non-hydrogen) atoms. The van der Waals surface area contributed by atoms with Crippen LogP contribution in [-0.2, 0) is 18.9 Å². The molecular formula is C13H23N3. The number of aromatic nitrogens is 2. The van der Waals surface area contributed by atoms with Gasteiger partial charge < -0.3 is 9.55 Å². The molecule has 3 nitrogen and oxygen atoms in total. The molecule has 3 heteroatoms. The van der Waals surface area contributed by atoms with Crippen molar-refractivity contribution in [1.82, 2.24) is 9.55 Å². The molecule has 0 saturated heterocycles. The zero-order chi connectivity index (χ0) is 11.9. The number of nitrogens with zero attached hydrogens (tertiary/aromatic N) is 2. The Balaban J connectivity index is 2.59. The quantitative estimate of drug-likeness (QED) is 0.755. The van der Waals surface area contributed by atoms with E-state index in [0.29, 0.717) is 6.04 Å². The summed E-state index contributed by atoms with van der Waals surface area (Å²) in [5.74, 6) is 0. The van der Waals surface area contributed by atoms with Crippen LogP contribution in [0.4, 0.5) is 0 Å². The largest absolute Gasteiger partial charge is 0.327 e. The van der Waals surface area contributed by atoms with E-state index in [9.17, 15) is 0 Å². The Morgan fingerprint density at radius 2 is 2.06 bits per heavy atom. The Hall–Kier alpha value is -0.990. The molecule has 0 spiro atoms. The van der Waals surface area contributed by atoms with Gasteiger partial charge in [-0.3, -0.25) is 0 Å². The number of H-pyrrole nitrogens is 1. The van der Waals surface area contributed by atoms with E-state index in [4.69, 9.17) is 0 Å². The van der Waals surface area contributed by atoms with Crippen LogP contribution in [0.25, 0.3) is 0 Å². The summed E-state index contributed by atoms with van der Waals surface area (Å²) in [5, 5.41) is 0.